The summed E-state index contributed by atoms with van der Waals surface area (Å²) >= 11 is 0. The second kappa shape index (κ2) is 1.09. The average Bonchev–Trinajstić information content (AvgIpc) is 2.65. The fourth-order valence-electron chi connectivity index (χ4n) is 2.54. The van der Waals surface area contributed by atoms with Crippen LogP contribution in [0.25, 0.3) is 0 Å². The predicted molar refractivity (Wildman–Crippen MR) is 39.8 cm³/mol. The average molecular weight is 116 g/mol. The number of hydrogen-bond acceptors (Lipinski definition) is 0. The van der Waals surface area contributed by atoms with Gasteiger partial charge in [0.15, 0.2) is 0 Å². The molecule has 9 heavy (non-hydrogen) atoms. The van der Waals surface area contributed by atoms with Gasteiger partial charge >= 0.3 is 55.0 Å². The molecular formula is C8H9B. The van der Waals surface area contributed by atoms with E-state index in [2.05, 4.69) is 13.4 Å². The molecule has 2 fully saturated rings. The van der Waals surface area contributed by atoms with E-state index < -0.39 is 0 Å². The maximum absolute atomic E-state index is 3.76. The van der Waals surface area contributed by atoms with Crippen molar-refractivity contribution in [1.82, 2.24) is 0 Å². The SMILES string of the molecule is C=BCC1CC2C3=C1C32. The van der Waals surface area contributed by atoms with Crippen LogP contribution in [0.3, 0.4) is 0 Å². The first-order valence-electron chi connectivity index (χ1n) is 3.78. The number of allylic oxidation sites excluding steroid dienone is 2. The molecule has 0 heterocycles. The molecule has 0 aromatic heterocycles. The third-order valence-electron chi connectivity index (χ3n) is 3.04. The van der Waals surface area contributed by atoms with E-state index in [1.165, 1.54) is 12.7 Å². The fourth-order valence-corrected chi connectivity index (χ4v) is 2.54. The molecule has 1 heteroatoms. The summed E-state index contributed by atoms with van der Waals surface area (Å²) in [5.41, 5.74) is 3.68. The van der Waals surface area contributed by atoms with Crippen LogP contribution in [-0.2, 0) is 0 Å². The van der Waals surface area contributed by atoms with Gasteiger partial charge in [-0.1, -0.05) is 0 Å². The van der Waals surface area contributed by atoms with Crippen LogP contribution in [0, 0.1) is 17.8 Å². The summed E-state index contributed by atoms with van der Waals surface area (Å²) in [6, 6.07) is 0. The van der Waals surface area contributed by atoms with Crippen molar-refractivity contribution < 1.29 is 0 Å². The standard InChI is InChI=1S/C8H9B/c1-9-3-4-2-5-7-6(4)8(5)7/h4-5,7H,1-3H2. The van der Waals surface area contributed by atoms with Gasteiger partial charge in [0, 0.05) is 0 Å². The van der Waals surface area contributed by atoms with Gasteiger partial charge in [-0.3, -0.25) is 0 Å². The van der Waals surface area contributed by atoms with Crippen molar-refractivity contribution in [2.24, 2.45) is 17.8 Å². The molecule has 2 bridgehead atoms. The Kier molecular flexibility index (Phi) is 0.545. The number of fused-ring (bicyclic) bond motifs is 1. The fraction of sp³-hybridized carbons (Fsp3) is 0.625. The zero-order valence-electron chi connectivity index (χ0n) is 5.43. The van der Waals surface area contributed by atoms with Crippen LogP contribution in [0.4, 0.5) is 0 Å². The van der Waals surface area contributed by atoms with E-state index in [0.717, 1.165) is 17.8 Å². The first-order valence-corrected chi connectivity index (χ1v) is 3.78. The Morgan fingerprint density at radius 2 is 2.33 bits per heavy atom. The molecule has 0 N–H and O–H groups in total. The van der Waals surface area contributed by atoms with Crippen molar-refractivity contribution in [1.29, 1.82) is 0 Å². The number of hydrogen-bond donors (Lipinski definition) is 0. The summed E-state index contributed by atoms with van der Waals surface area (Å²) in [4.78, 5) is 0. The molecule has 2 saturated carbocycles. The van der Waals surface area contributed by atoms with Crippen LogP contribution in [0.15, 0.2) is 11.1 Å². The van der Waals surface area contributed by atoms with Crippen molar-refractivity contribution >= 4 is 13.4 Å². The Morgan fingerprint density at radius 3 is 2.78 bits per heavy atom. The summed E-state index contributed by atoms with van der Waals surface area (Å²) in [7, 11) is 0. The molecule has 0 saturated heterocycles. The van der Waals surface area contributed by atoms with Gasteiger partial charge in [-0.05, 0) is 0 Å². The summed E-state index contributed by atoms with van der Waals surface area (Å²) in [6.07, 6.45) is 2.72. The van der Waals surface area contributed by atoms with Gasteiger partial charge in [-0.15, -0.1) is 0 Å². The summed E-state index contributed by atoms with van der Waals surface area (Å²) < 4.78 is 0. The molecule has 0 spiro atoms. The quantitative estimate of drug-likeness (QED) is 0.374. The van der Waals surface area contributed by atoms with E-state index in [1.807, 2.05) is 11.1 Å². The van der Waals surface area contributed by atoms with Crippen LogP contribution in [0.2, 0.25) is 6.32 Å². The van der Waals surface area contributed by atoms with E-state index in [9.17, 15) is 0 Å². The maximum atomic E-state index is 3.76. The second-order valence-corrected chi connectivity index (χ2v) is 3.45. The molecule has 4 rings (SSSR count). The van der Waals surface area contributed by atoms with Gasteiger partial charge in [-0.25, -0.2) is 0 Å². The van der Waals surface area contributed by atoms with Gasteiger partial charge in [0.25, 0.3) is 0 Å². The summed E-state index contributed by atoms with van der Waals surface area (Å²) in [5.74, 6) is 3.10. The van der Waals surface area contributed by atoms with E-state index in [-0.39, 0.29) is 0 Å². The van der Waals surface area contributed by atoms with Gasteiger partial charge in [0.05, 0.1) is 0 Å². The minimum absolute atomic E-state index is 0.951. The topological polar surface area (TPSA) is 0 Å². The normalized spacial score (nSPS) is 48.7. The molecule has 0 aliphatic heterocycles. The van der Waals surface area contributed by atoms with Crippen LogP contribution < -0.4 is 0 Å². The van der Waals surface area contributed by atoms with Crippen LogP contribution in [-0.4, -0.2) is 13.4 Å². The van der Waals surface area contributed by atoms with Crippen molar-refractivity contribution in [3.8, 4) is 0 Å². The van der Waals surface area contributed by atoms with Crippen LogP contribution in [0.1, 0.15) is 6.42 Å². The van der Waals surface area contributed by atoms with E-state index >= 15 is 0 Å². The van der Waals surface area contributed by atoms with Gasteiger partial charge < -0.3 is 0 Å². The van der Waals surface area contributed by atoms with Crippen molar-refractivity contribution in [3.05, 3.63) is 11.1 Å². The Bertz CT molecular complexity index is 227. The monoisotopic (exact) mass is 116 g/mol. The van der Waals surface area contributed by atoms with E-state index in [4.69, 9.17) is 0 Å². The molecule has 0 amide bonds. The van der Waals surface area contributed by atoms with Crippen molar-refractivity contribution in [2.75, 3.05) is 0 Å². The first kappa shape index (κ1) is 4.48. The molecule has 3 unspecified atom stereocenters. The molecule has 4 aliphatic carbocycles. The molecule has 4 aliphatic rings. The Balaban J connectivity index is 1.83. The minimum atomic E-state index is 0.951. The summed E-state index contributed by atoms with van der Waals surface area (Å²) in [5, 5.41) is 0. The molecule has 0 aromatic carbocycles. The third-order valence-corrected chi connectivity index (χ3v) is 3.04. The predicted octanol–water partition coefficient (Wildman–Crippen LogP) is 1.12. The van der Waals surface area contributed by atoms with Gasteiger partial charge in [0.1, 0.15) is 0 Å². The number of rotatable bonds is 2. The van der Waals surface area contributed by atoms with Crippen molar-refractivity contribution in [2.45, 2.75) is 12.7 Å². The Hall–Kier alpha value is -0.325. The van der Waals surface area contributed by atoms with Crippen LogP contribution >= 0.6 is 0 Å². The zero-order valence-corrected chi connectivity index (χ0v) is 5.43. The van der Waals surface area contributed by atoms with Crippen molar-refractivity contribution in [3.63, 3.8) is 0 Å². The molecular weight excluding hydrogens is 107 g/mol. The van der Waals surface area contributed by atoms with E-state index in [1.54, 1.807) is 0 Å². The van der Waals surface area contributed by atoms with Crippen LogP contribution in [0.5, 0.6) is 0 Å². The zero-order chi connectivity index (χ0) is 6.01. The molecule has 0 radical (unpaired) electrons. The molecule has 3 atom stereocenters. The molecule has 0 nitrogen and oxygen atoms in total. The Morgan fingerprint density at radius 1 is 1.56 bits per heavy atom. The van der Waals surface area contributed by atoms with Gasteiger partial charge in [-0.2, -0.15) is 0 Å². The first-order chi connectivity index (χ1) is 4.43. The van der Waals surface area contributed by atoms with E-state index in [0.29, 0.717) is 0 Å². The molecule has 44 valence electrons. The second-order valence-electron chi connectivity index (χ2n) is 3.45. The van der Waals surface area contributed by atoms with Gasteiger partial charge in [0.2, 0.25) is 0 Å². The summed E-state index contributed by atoms with van der Waals surface area (Å²) in [6.45, 7) is 5.83. The molecule has 0 aromatic rings. The Labute approximate surface area is 55.9 Å². The third kappa shape index (κ3) is 0.347.